The third-order valence-electron chi connectivity index (χ3n) is 1.76. The van der Waals surface area contributed by atoms with E-state index in [4.69, 9.17) is 11.6 Å². The van der Waals surface area contributed by atoms with Crippen LogP contribution in [0.3, 0.4) is 0 Å². The van der Waals surface area contributed by atoms with Gasteiger partial charge in [0.1, 0.15) is 5.21 Å². The summed E-state index contributed by atoms with van der Waals surface area (Å²) in [5, 5.41) is -0.420. The maximum Gasteiger partial charge on any atom is 0.225 e. The van der Waals surface area contributed by atoms with Gasteiger partial charge in [-0.25, -0.2) is 13.1 Å². The SMILES string of the molecule is Cc1cnccc1CNS(=O)(=O)CCl. The van der Waals surface area contributed by atoms with E-state index in [-0.39, 0.29) is 6.54 Å². The predicted molar refractivity (Wildman–Crippen MR) is 55.5 cm³/mol. The molecule has 0 atom stereocenters. The van der Waals surface area contributed by atoms with E-state index in [9.17, 15) is 8.42 Å². The standard InChI is InChI=1S/C8H11ClN2O2S/c1-7-4-10-3-2-8(7)5-11-14(12,13)6-9/h2-4,11H,5-6H2,1H3. The van der Waals surface area contributed by atoms with Gasteiger partial charge in [-0.3, -0.25) is 4.98 Å². The van der Waals surface area contributed by atoms with Gasteiger partial charge in [-0.2, -0.15) is 0 Å². The molecule has 0 unspecified atom stereocenters. The van der Waals surface area contributed by atoms with E-state index < -0.39 is 15.2 Å². The molecular weight excluding hydrogens is 224 g/mol. The summed E-state index contributed by atoms with van der Waals surface area (Å²) < 4.78 is 24.4. The summed E-state index contributed by atoms with van der Waals surface area (Å²) in [4.78, 5) is 3.91. The molecule has 0 bridgehead atoms. The van der Waals surface area contributed by atoms with Crippen molar-refractivity contribution in [3.63, 3.8) is 0 Å². The van der Waals surface area contributed by atoms with Gasteiger partial charge in [0.05, 0.1) is 0 Å². The Morgan fingerprint density at radius 2 is 2.29 bits per heavy atom. The van der Waals surface area contributed by atoms with E-state index in [1.807, 2.05) is 6.92 Å². The molecule has 14 heavy (non-hydrogen) atoms. The number of hydrogen-bond acceptors (Lipinski definition) is 3. The van der Waals surface area contributed by atoms with Crippen LogP contribution < -0.4 is 4.72 Å². The lowest BCUT2D eigenvalue weighted by Crippen LogP contribution is -2.24. The van der Waals surface area contributed by atoms with Crippen molar-refractivity contribution in [2.24, 2.45) is 0 Å². The molecule has 0 amide bonds. The molecule has 0 radical (unpaired) electrons. The van der Waals surface area contributed by atoms with E-state index in [0.29, 0.717) is 0 Å². The van der Waals surface area contributed by atoms with Crippen molar-refractivity contribution < 1.29 is 8.42 Å². The molecule has 0 spiro atoms. The monoisotopic (exact) mass is 234 g/mol. The second kappa shape index (κ2) is 4.72. The van der Waals surface area contributed by atoms with E-state index >= 15 is 0 Å². The molecule has 0 aliphatic carbocycles. The molecule has 1 aromatic rings. The first-order valence-electron chi connectivity index (χ1n) is 3.98. The van der Waals surface area contributed by atoms with Crippen LogP contribution in [0.1, 0.15) is 11.1 Å². The van der Waals surface area contributed by atoms with Crippen LogP contribution in [-0.4, -0.2) is 18.6 Å². The van der Waals surface area contributed by atoms with Crippen LogP contribution in [0.2, 0.25) is 0 Å². The molecule has 0 saturated carbocycles. The molecule has 0 fully saturated rings. The molecule has 0 aromatic carbocycles. The summed E-state index contributed by atoms with van der Waals surface area (Å²) in [5.41, 5.74) is 1.85. The minimum absolute atomic E-state index is 0.253. The Morgan fingerprint density at radius 1 is 1.57 bits per heavy atom. The Kier molecular flexibility index (Phi) is 3.86. The third-order valence-corrected chi connectivity index (χ3v) is 3.50. The van der Waals surface area contributed by atoms with Crippen molar-refractivity contribution in [2.75, 3.05) is 5.21 Å². The molecule has 0 aliphatic heterocycles. The summed E-state index contributed by atoms with van der Waals surface area (Å²) in [6, 6.07) is 1.77. The number of aromatic nitrogens is 1. The first kappa shape index (κ1) is 11.4. The predicted octanol–water partition coefficient (Wildman–Crippen LogP) is 1.01. The van der Waals surface area contributed by atoms with Gasteiger partial charge < -0.3 is 0 Å². The zero-order chi connectivity index (χ0) is 10.6. The molecule has 0 saturated heterocycles. The minimum atomic E-state index is -3.34. The number of halogens is 1. The minimum Gasteiger partial charge on any atom is -0.264 e. The maximum atomic E-state index is 11.0. The second-order valence-corrected chi connectivity index (χ2v) is 5.24. The van der Waals surface area contributed by atoms with Crippen molar-refractivity contribution in [1.29, 1.82) is 0 Å². The van der Waals surface area contributed by atoms with Crippen LogP contribution in [-0.2, 0) is 16.6 Å². The number of pyridine rings is 1. The molecule has 1 N–H and O–H groups in total. The molecule has 1 rings (SSSR count). The molecule has 78 valence electrons. The molecular formula is C8H11ClN2O2S. The Hall–Kier alpha value is -0.650. The Balaban J connectivity index is 2.68. The first-order valence-corrected chi connectivity index (χ1v) is 6.16. The molecule has 6 heteroatoms. The quantitative estimate of drug-likeness (QED) is 0.791. The number of nitrogens with zero attached hydrogens (tertiary/aromatic N) is 1. The highest BCUT2D eigenvalue weighted by Gasteiger charge is 2.07. The summed E-state index contributed by atoms with van der Waals surface area (Å²) >= 11 is 5.24. The number of aryl methyl sites for hydroxylation is 1. The van der Waals surface area contributed by atoms with E-state index in [1.54, 1.807) is 18.5 Å². The van der Waals surface area contributed by atoms with Gasteiger partial charge in [0.2, 0.25) is 10.0 Å². The molecule has 1 heterocycles. The van der Waals surface area contributed by atoms with Crippen LogP contribution in [0.5, 0.6) is 0 Å². The van der Waals surface area contributed by atoms with Crippen LogP contribution in [0, 0.1) is 6.92 Å². The Morgan fingerprint density at radius 3 is 2.86 bits per heavy atom. The first-order chi connectivity index (χ1) is 6.55. The lowest BCUT2D eigenvalue weighted by molar-refractivity contribution is 0.586. The Bertz CT molecular complexity index is 406. The third kappa shape index (κ3) is 3.25. The fourth-order valence-electron chi connectivity index (χ4n) is 0.927. The van der Waals surface area contributed by atoms with Gasteiger partial charge in [0.15, 0.2) is 0 Å². The normalized spacial score (nSPS) is 11.6. The van der Waals surface area contributed by atoms with Crippen LogP contribution in [0.25, 0.3) is 0 Å². The second-order valence-electron chi connectivity index (χ2n) is 2.85. The lowest BCUT2D eigenvalue weighted by atomic mass is 10.2. The molecule has 0 aliphatic rings. The number of alkyl halides is 1. The summed E-state index contributed by atoms with van der Waals surface area (Å²) in [5.74, 6) is 0. The molecule has 4 nitrogen and oxygen atoms in total. The lowest BCUT2D eigenvalue weighted by Gasteiger charge is -2.05. The fraction of sp³-hybridized carbons (Fsp3) is 0.375. The van der Waals surface area contributed by atoms with Crippen LogP contribution >= 0.6 is 11.6 Å². The van der Waals surface area contributed by atoms with Crippen LogP contribution in [0.15, 0.2) is 18.5 Å². The van der Waals surface area contributed by atoms with Crippen molar-refractivity contribution in [3.05, 3.63) is 29.6 Å². The van der Waals surface area contributed by atoms with Gasteiger partial charge in [-0.1, -0.05) is 0 Å². The Labute approximate surface area is 88.4 Å². The van der Waals surface area contributed by atoms with E-state index in [0.717, 1.165) is 11.1 Å². The van der Waals surface area contributed by atoms with Crippen molar-refractivity contribution in [2.45, 2.75) is 13.5 Å². The van der Waals surface area contributed by atoms with Gasteiger partial charge in [-0.05, 0) is 24.1 Å². The van der Waals surface area contributed by atoms with E-state index in [1.165, 1.54) is 0 Å². The zero-order valence-corrected chi connectivity index (χ0v) is 9.27. The van der Waals surface area contributed by atoms with Crippen molar-refractivity contribution in [1.82, 2.24) is 9.71 Å². The summed E-state index contributed by atoms with van der Waals surface area (Å²) in [6.45, 7) is 2.13. The summed E-state index contributed by atoms with van der Waals surface area (Å²) in [6.07, 6.45) is 3.31. The smallest absolute Gasteiger partial charge is 0.225 e. The largest absolute Gasteiger partial charge is 0.264 e. The maximum absolute atomic E-state index is 11.0. The average Bonchev–Trinajstić information content (AvgIpc) is 2.17. The van der Waals surface area contributed by atoms with Gasteiger partial charge in [0.25, 0.3) is 0 Å². The number of hydrogen-bond donors (Lipinski definition) is 1. The topological polar surface area (TPSA) is 59.1 Å². The van der Waals surface area contributed by atoms with Gasteiger partial charge in [0, 0.05) is 18.9 Å². The number of nitrogens with one attached hydrogen (secondary N) is 1. The average molecular weight is 235 g/mol. The molecule has 1 aromatic heterocycles. The van der Waals surface area contributed by atoms with Gasteiger partial charge in [-0.15, -0.1) is 11.6 Å². The zero-order valence-electron chi connectivity index (χ0n) is 7.70. The highest BCUT2D eigenvalue weighted by atomic mass is 35.5. The van der Waals surface area contributed by atoms with Crippen LogP contribution in [0.4, 0.5) is 0 Å². The highest BCUT2D eigenvalue weighted by molar-refractivity contribution is 7.90. The fourth-order valence-corrected chi connectivity index (χ4v) is 1.61. The van der Waals surface area contributed by atoms with Crippen molar-refractivity contribution in [3.8, 4) is 0 Å². The highest BCUT2D eigenvalue weighted by Crippen LogP contribution is 2.04. The number of sulfonamides is 1. The van der Waals surface area contributed by atoms with Crippen molar-refractivity contribution >= 4 is 21.6 Å². The number of rotatable bonds is 4. The van der Waals surface area contributed by atoms with E-state index in [2.05, 4.69) is 9.71 Å². The summed E-state index contributed by atoms with van der Waals surface area (Å²) in [7, 11) is -3.34. The van der Waals surface area contributed by atoms with Gasteiger partial charge >= 0.3 is 0 Å².